The van der Waals surface area contributed by atoms with Gasteiger partial charge in [0.05, 0.1) is 7.11 Å². The second kappa shape index (κ2) is 1.95. The molecule has 1 saturated carbocycles. The summed E-state index contributed by atoms with van der Waals surface area (Å²) in [6, 6.07) is 0. The number of nitrogens with two attached hydrogens (primary N) is 1. The van der Waals surface area contributed by atoms with Crippen molar-refractivity contribution in [1.82, 2.24) is 0 Å². The van der Waals surface area contributed by atoms with Crippen LogP contribution in [0.1, 0.15) is 13.8 Å². The van der Waals surface area contributed by atoms with Crippen molar-refractivity contribution in [3.63, 3.8) is 0 Å². The van der Waals surface area contributed by atoms with Gasteiger partial charge in [-0.1, -0.05) is 13.8 Å². The molecule has 2 atom stereocenters. The third-order valence-electron chi connectivity index (χ3n) is 2.69. The highest BCUT2D eigenvalue weighted by Gasteiger charge is 2.62. The van der Waals surface area contributed by atoms with E-state index in [2.05, 4.69) is 4.74 Å². The second-order valence-electron chi connectivity index (χ2n) is 3.00. The standard InChI is InChI=1S/C7H13NO2/c1-4-5(2)7(4,8)6(9)10-3/h4-5H,8H2,1-3H3. The maximum absolute atomic E-state index is 11.0. The molecule has 10 heavy (non-hydrogen) atoms. The summed E-state index contributed by atoms with van der Waals surface area (Å²) in [5.74, 6) is 0.243. The normalized spacial score (nSPS) is 44.8. The van der Waals surface area contributed by atoms with Crippen LogP contribution in [0, 0.1) is 11.8 Å². The zero-order chi connectivity index (χ0) is 7.94. The summed E-state index contributed by atoms with van der Waals surface area (Å²) in [5.41, 5.74) is 5.03. The molecule has 0 saturated heterocycles. The molecule has 2 unspecified atom stereocenters. The maximum Gasteiger partial charge on any atom is 0.326 e. The Hall–Kier alpha value is -0.570. The van der Waals surface area contributed by atoms with E-state index in [-0.39, 0.29) is 17.8 Å². The van der Waals surface area contributed by atoms with Crippen LogP contribution < -0.4 is 5.73 Å². The van der Waals surface area contributed by atoms with Crippen LogP contribution in [-0.2, 0) is 9.53 Å². The summed E-state index contributed by atoms with van der Waals surface area (Å²) in [5, 5.41) is 0. The Balaban J connectivity index is 2.65. The topological polar surface area (TPSA) is 52.3 Å². The number of rotatable bonds is 1. The molecule has 0 radical (unpaired) electrons. The van der Waals surface area contributed by atoms with Gasteiger partial charge in [0, 0.05) is 0 Å². The van der Waals surface area contributed by atoms with Crippen molar-refractivity contribution in [2.45, 2.75) is 19.4 Å². The van der Waals surface area contributed by atoms with Crippen LogP contribution in [0.2, 0.25) is 0 Å². The first-order valence-electron chi connectivity index (χ1n) is 3.42. The van der Waals surface area contributed by atoms with E-state index in [1.807, 2.05) is 13.8 Å². The highest BCUT2D eigenvalue weighted by atomic mass is 16.5. The Morgan fingerprint density at radius 3 is 2.00 bits per heavy atom. The van der Waals surface area contributed by atoms with Crippen molar-refractivity contribution in [1.29, 1.82) is 0 Å². The summed E-state index contributed by atoms with van der Waals surface area (Å²) in [6.45, 7) is 3.92. The largest absolute Gasteiger partial charge is 0.468 e. The molecule has 0 aromatic rings. The summed E-state index contributed by atoms with van der Waals surface area (Å²) in [6.07, 6.45) is 0. The van der Waals surface area contributed by atoms with Crippen LogP contribution in [0.5, 0.6) is 0 Å². The van der Waals surface area contributed by atoms with Gasteiger partial charge in [-0.15, -0.1) is 0 Å². The summed E-state index contributed by atoms with van der Waals surface area (Å²) >= 11 is 0. The van der Waals surface area contributed by atoms with Gasteiger partial charge < -0.3 is 10.5 Å². The minimum atomic E-state index is -0.686. The molecule has 0 spiro atoms. The Kier molecular flexibility index (Phi) is 1.47. The quantitative estimate of drug-likeness (QED) is 0.531. The lowest BCUT2D eigenvalue weighted by Crippen LogP contribution is -2.37. The molecule has 1 fully saturated rings. The fourth-order valence-electron chi connectivity index (χ4n) is 1.36. The number of methoxy groups -OCH3 is 1. The fourth-order valence-corrected chi connectivity index (χ4v) is 1.36. The lowest BCUT2D eigenvalue weighted by Gasteiger charge is -2.06. The van der Waals surface area contributed by atoms with Crippen LogP contribution in [0.15, 0.2) is 0 Å². The molecule has 2 N–H and O–H groups in total. The van der Waals surface area contributed by atoms with Gasteiger partial charge in [0.1, 0.15) is 5.54 Å². The second-order valence-corrected chi connectivity index (χ2v) is 3.00. The van der Waals surface area contributed by atoms with E-state index in [9.17, 15) is 4.79 Å². The number of esters is 1. The van der Waals surface area contributed by atoms with E-state index in [1.165, 1.54) is 7.11 Å². The molecule has 1 aliphatic carbocycles. The van der Waals surface area contributed by atoms with Crippen molar-refractivity contribution < 1.29 is 9.53 Å². The third kappa shape index (κ3) is 0.669. The first kappa shape index (κ1) is 7.54. The number of hydrogen-bond donors (Lipinski definition) is 1. The number of ether oxygens (including phenoxy) is 1. The van der Waals surface area contributed by atoms with Crippen molar-refractivity contribution in [2.75, 3.05) is 7.11 Å². The maximum atomic E-state index is 11.0. The van der Waals surface area contributed by atoms with Gasteiger partial charge in [-0.25, -0.2) is 0 Å². The summed E-state index contributed by atoms with van der Waals surface area (Å²) in [4.78, 5) is 11.0. The fraction of sp³-hybridized carbons (Fsp3) is 0.857. The van der Waals surface area contributed by atoms with E-state index in [0.29, 0.717) is 0 Å². The highest BCUT2D eigenvalue weighted by molar-refractivity contribution is 5.85. The van der Waals surface area contributed by atoms with E-state index in [4.69, 9.17) is 5.73 Å². The Morgan fingerprint density at radius 2 is 1.90 bits per heavy atom. The van der Waals surface area contributed by atoms with Gasteiger partial charge >= 0.3 is 5.97 Å². The predicted octanol–water partition coefficient (Wildman–Crippen LogP) is 0.143. The Morgan fingerprint density at radius 1 is 1.50 bits per heavy atom. The van der Waals surface area contributed by atoms with Crippen LogP contribution in [0.25, 0.3) is 0 Å². The molecule has 0 aromatic carbocycles. The molecule has 1 aliphatic rings. The molecule has 3 nitrogen and oxygen atoms in total. The summed E-state index contributed by atoms with van der Waals surface area (Å²) in [7, 11) is 1.37. The van der Waals surface area contributed by atoms with Gasteiger partial charge in [0.2, 0.25) is 0 Å². The van der Waals surface area contributed by atoms with Gasteiger partial charge in [0.15, 0.2) is 0 Å². The van der Waals surface area contributed by atoms with Gasteiger partial charge in [-0.3, -0.25) is 4.79 Å². The van der Waals surface area contributed by atoms with E-state index in [0.717, 1.165) is 0 Å². The molecule has 0 aromatic heterocycles. The number of hydrogen-bond acceptors (Lipinski definition) is 3. The SMILES string of the molecule is COC(=O)C1(N)C(C)C1C. The Bertz CT molecular complexity index is 159. The minimum Gasteiger partial charge on any atom is -0.468 e. The summed E-state index contributed by atoms with van der Waals surface area (Å²) < 4.78 is 4.55. The van der Waals surface area contributed by atoms with Crippen LogP contribution in [0.3, 0.4) is 0 Å². The molecule has 1 rings (SSSR count). The molecule has 58 valence electrons. The molecular formula is C7H13NO2. The Labute approximate surface area is 60.5 Å². The van der Waals surface area contributed by atoms with E-state index < -0.39 is 5.54 Å². The molecule has 0 aliphatic heterocycles. The zero-order valence-corrected chi connectivity index (χ0v) is 6.55. The average molecular weight is 143 g/mol. The molecule has 0 amide bonds. The smallest absolute Gasteiger partial charge is 0.326 e. The number of carbonyl (C=O) groups is 1. The molecule has 0 heterocycles. The van der Waals surface area contributed by atoms with Crippen LogP contribution >= 0.6 is 0 Å². The lowest BCUT2D eigenvalue weighted by atomic mass is 10.2. The average Bonchev–Trinajstić information content (AvgIpc) is 2.41. The van der Waals surface area contributed by atoms with Crippen molar-refractivity contribution in [3.05, 3.63) is 0 Å². The molecule has 3 heteroatoms. The minimum absolute atomic E-state index is 0.264. The number of carbonyl (C=O) groups excluding carboxylic acids is 1. The van der Waals surface area contributed by atoms with Crippen molar-refractivity contribution in [3.8, 4) is 0 Å². The molecular weight excluding hydrogens is 130 g/mol. The van der Waals surface area contributed by atoms with Crippen molar-refractivity contribution >= 4 is 5.97 Å². The highest BCUT2D eigenvalue weighted by Crippen LogP contribution is 2.48. The van der Waals surface area contributed by atoms with Gasteiger partial charge in [-0.2, -0.15) is 0 Å². The third-order valence-corrected chi connectivity index (χ3v) is 2.69. The van der Waals surface area contributed by atoms with Crippen molar-refractivity contribution in [2.24, 2.45) is 17.6 Å². The zero-order valence-electron chi connectivity index (χ0n) is 6.55. The predicted molar refractivity (Wildman–Crippen MR) is 37.3 cm³/mol. The van der Waals surface area contributed by atoms with Crippen LogP contribution in [0.4, 0.5) is 0 Å². The van der Waals surface area contributed by atoms with Gasteiger partial charge in [-0.05, 0) is 11.8 Å². The van der Waals surface area contributed by atoms with E-state index in [1.54, 1.807) is 0 Å². The van der Waals surface area contributed by atoms with Crippen LogP contribution in [-0.4, -0.2) is 18.6 Å². The monoisotopic (exact) mass is 143 g/mol. The molecule has 0 bridgehead atoms. The first-order valence-corrected chi connectivity index (χ1v) is 3.42. The first-order chi connectivity index (χ1) is 4.55. The van der Waals surface area contributed by atoms with E-state index >= 15 is 0 Å². The van der Waals surface area contributed by atoms with Gasteiger partial charge in [0.25, 0.3) is 0 Å². The lowest BCUT2D eigenvalue weighted by molar-refractivity contribution is -0.144.